The summed E-state index contributed by atoms with van der Waals surface area (Å²) < 4.78 is 39.8. The largest absolute Gasteiger partial charge is 0.499 e. The highest BCUT2D eigenvalue weighted by molar-refractivity contribution is 6.86. The lowest BCUT2D eigenvalue weighted by atomic mass is 10.9. The van der Waals surface area contributed by atoms with E-state index >= 15 is 0 Å². The molecule has 0 unspecified atom stereocenters. The van der Waals surface area contributed by atoms with Crippen LogP contribution < -0.4 is 0 Å². The summed E-state index contributed by atoms with van der Waals surface area (Å²) in [6.07, 6.45) is 0. The van der Waals surface area contributed by atoms with E-state index in [0.29, 0.717) is 0 Å². The second-order valence-corrected chi connectivity index (χ2v) is 22.2. The van der Waals surface area contributed by atoms with Crippen LogP contribution in [-0.2, 0) is 30.7 Å². The van der Waals surface area contributed by atoms with Crippen molar-refractivity contribution < 1.29 is 30.7 Å². The number of hydrogen-bond acceptors (Lipinski definition) is 7. The van der Waals surface area contributed by atoms with E-state index < -0.39 is 34.2 Å². The Morgan fingerprint density at radius 1 is 0.440 bits per heavy atom. The van der Waals surface area contributed by atoms with Crippen molar-refractivity contribution in [2.75, 3.05) is 42.7 Å². The van der Waals surface area contributed by atoms with E-state index in [0.717, 1.165) is 24.2 Å². The molecule has 0 aromatic rings. The highest BCUT2D eigenvalue weighted by atomic mass is 28.4. The second-order valence-electron chi connectivity index (χ2n) is 7.21. The molecule has 0 saturated heterocycles. The van der Waals surface area contributed by atoms with Crippen LogP contribution in [0, 0.1) is 0 Å². The van der Waals surface area contributed by atoms with E-state index in [-0.39, 0.29) is 0 Å². The smallest absolute Gasteiger partial charge is 0.456 e. The van der Waals surface area contributed by atoms with Gasteiger partial charge in [-0.2, -0.15) is 0 Å². The van der Waals surface area contributed by atoms with Crippen LogP contribution in [0.5, 0.6) is 0 Å². The number of hydrogen-bond donors (Lipinski definition) is 0. The van der Waals surface area contributed by atoms with Crippen LogP contribution in [0.4, 0.5) is 0 Å². The maximum Gasteiger partial charge on any atom is 0.499 e. The van der Waals surface area contributed by atoms with Crippen molar-refractivity contribution in [1.82, 2.24) is 0 Å². The molecular weight excluding hydrogens is 392 g/mol. The van der Waals surface area contributed by atoms with Gasteiger partial charge in [-0.3, -0.25) is 0 Å². The first-order valence-electron chi connectivity index (χ1n) is 8.50. The topological polar surface area (TPSA) is 64.6 Å². The molecule has 0 aliphatic carbocycles. The van der Waals surface area contributed by atoms with Gasteiger partial charge in [-0.1, -0.05) is 0 Å². The maximum absolute atomic E-state index is 6.67. The lowest BCUT2D eigenvalue weighted by Crippen LogP contribution is -2.50. The first-order valence-corrected chi connectivity index (χ1v) is 18.6. The highest BCUT2D eigenvalue weighted by Gasteiger charge is 2.44. The molecule has 11 heteroatoms. The summed E-state index contributed by atoms with van der Waals surface area (Å²) in [6.45, 7) is 8.98. The zero-order valence-corrected chi connectivity index (χ0v) is 21.7. The highest BCUT2D eigenvalue weighted by Crippen LogP contribution is 2.29. The minimum Gasteiger partial charge on any atom is -0.456 e. The van der Waals surface area contributed by atoms with Crippen molar-refractivity contribution in [3.8, 4) is 0 Å². The minimum absolute atomic E-state index is 0.771. The molecule has 0 spiro atoms. The average molecular weight is 431 g/mol. The average Bonchev–Trinajstić information content (AvgIpc) is 2.57. The molecule has 7 nitrogen and oxygen atoms in total. The molecule has 0 atom stereocenters. The Kier molecular flexibility index (Phi) is 11.1. The molecule has 0 aromatic carbocycles. The van der Waals surface area contributed by atoms with Gasteiger partial charge < -0.3 is 30.7 Å². The molecule has 0 radical (unpaired) electrons. The third kappa shape index (κ3) is 8.42. The lowest BCUT2D eigenvalue weighted by molar-refractivity contribution is 0.124. The summed E-state index contributed by atoms with van der Waals surface area (Å²) in [7, 11) is 1.05. The fourth-order valence-corrected chi connectivity index (χ4v) is 19.2. The molecule has 0 amide bonds. The summed E-state index contributed by atoms with van der Waals surface area (Å²) in [6, 6.07) is 3.42. The van der Waals surface area contributed by atoms with Crippen molar-refractivity contribution in [1.29, 1.82) is 0 Å². The molecule has 0 aliphatic heterocycles. The SMILES string of the molecule is CO[Si](CC[Si](C)(C)O[Si](C)(C)CC[Si](OC)(OC)OC)(OC)OC. The van der Waals surface area contributed by atoms with Crippen molar-refractivity contribution in [3.05, 3.63) is 0 Å². The van der Waals surface area contributed by atoms with Crippen LogP contribution in [0.15, 0.2) is 0 Å². The predicted octanol–water partition coefficient (Wildman–Crippen LogP) is 3.17. The molecule has 0 saturated carbocycles. The predicted molar refractivity (Wildman–Crippen MR) is 109 cm³/mol. The monoisotopic (exact) mass is 430 g/mol. The minimum atomic E-state index is -2.55. The normalized spacial score (nSPS) is 14.2. The van der Waals surface area contributed by atoms with E-state index in [4.69, 9.17) is 30.7 Å². The van der Waals surface area contributed by atoms with E-state index in [1.165, 1.54) is 0 Å². The van der Waals surface area contributed by atoms with Gasteiger partial charge in [0.05, 0.1) is 0 Å². The third-order valence-corrected chi connectivity index (χ3v) is 18.3. The Balaban J connectivity index is 4.79. The van der Waals surface area contributed by atoms with Gasteiger partial charge in [0.15, 0.2) is 16.6 Å². The van der Waals surface area contributed by atoms with Gasteiger partial charge in [-0.05, 0) is 38.3 Å². The van der Waals surface area contributed by atoms with Gasteiger partial charge >= 0.3 is 17.6 Å². The van der Waals surface area contributed by atoms with E-state index in [2.05, 4.69) is 26.2 Å². The quantitative estimate of drug-likeness (QED) is 0.392. The van der Waals surface area contributed by atoms with Gasteiger partial charge in [-0.25, -0.2) is 0 Å². The van der Waals surface area contributed by atoms with E-state index in [1.54, 1.807) is 42.7 Å². The van der Waals surface area contributed by atoms with Gasteiger partial charge in [-0.15, -0.1) is 0 Å². The Bertz CT molecular complexity index is 324. The fourth-order valence-electron chi connectivity index (χ4n) is 2.87. The second kappa shape index (κ2) is 10.8. The van der Waals surface area contributed by atoms with Gasteiger partial charge in [0.1, 0.15) is 0 Å². The first-order chi connectivity index (χ1) is 11.5. The molecule has 0 heterocycles. The van der Waals surface area contributed by atoms with E-state index in [1.807, 2.05) is 0 Å². The van der Waals surface area contributed by atoms with Gasteiger partial charge in [0.2, 0.25) is 0 Å². The van der Waals surface area contributed by atoms with Crippen LogP contribution in [-0.4, -0.2) is 76.9 Å². The van der Waals surface area contributed by atoms with Crippen LogP contribution >= 0.6 is 0 Å². The summed E-state index contributed by atoms with van der Waals surface area (Å²) >= 11 is 0. The first kappa shape index (κ1) is 25.6. The van der Waals surface area contributed by atoms with Crippen LogP contribution in [0.25, 0.3) is 0 Å². The molecule has 25 heavy (non-hydrogen) atoms. The van der Waals surface area contributed by atoms with Crippen molar-refractivity contribution in [2.24, 2.45) is 0 Å². The van der Waals surface area contributed by atoms with Crippen LogP contribution in [0.2, 0.25) is 50.4 Å². The molecule has 0 rings (SSSR count). The standard InChI is InChI=1S/C14H38O7Si4/c1-15-24(16-2,17-3)13-11-22(7,8)21-23(9,10)12-14-25(18-4,19-5)20-6/h11-14H2,1-10H3. The molecule has 152 valence electrons. The Morgan fingerprint density at radius 2 is 0.680 bits per heavy atom. The summed E-state index contributed by atoms with van der Waals surface area (Å²) in [5.41, 5.74) is 0. The Morgan fingerprint density at radius 3 is 0.880 bits per heavy atom. The summed E-state index contributed by atoms with van der Waals surface area (Å²) in [5.74, 6) is 0. The van der Waals surface area contributed by atoms with Gasteiger partial charge in [0.25, 0.3) is 0 Å². The Labute approximate surface area is 158 Å². The lowest BCUT2D eigenvalue weighted by Gasteiger charge is -2.36. The number of rotatable bonds is 14. The van der Waals surface area contributed by atoms with E-state index in [9.17, 15) is 0 Å². The molecule has 0 N–H and O–H groups in total. The maximum atomic E-state index is 6.67. The third-order valence-electron chi connectivity index (χ3n) is 4.49. The Hall–Kier alpha value is 0.588. The molecule has 0 aliphatic rings. The van der Waals surface area contributed by atoms with Crippen LogP contribution in [0.1, 0.15) is 0 Å². The van der Waals surface area contributed by atoms with Gasteiger partial charge in [0, 0.05) is 54.7 Å². The van der Waals surface area contributed by atoms with Crippen molar-refractivity contribution >= 4 is 34.2 Å². The molecule has 0 fully saturated rings. The van der Waals surface area contributed by atoms with Crippen molar-refractivity contribution in [2.45, 2.75) is 50.4 Å². The zero-order valence-electron chi connectivity index (χ0n) is 17.7. The fraction of sp³-hybridized carbons (Fsp3) is 1.00. The van der Waals surface area contributed by atoms with Crippen LogP contribution in [0.3, 0.4) is 0 Å². The molecular formula is C14H38O7Si4. The molecule has 0 aromatic heterocycles. The summed E-state index contributed by atoms with van der Waals surface area (Å²) in [4.78, 5) is 0. The zero-order chi connectivity index (χ0) is 19.8. The molecule has 0 bridgehead atoms. The summed E-state index contributed by atoms with van der Waals surface area (Å²) in [5, 5.41) is 0. The van der Waals surface area contributed by atoms with Crippen molar-refractivity contribution in [3.63, 3.8) is 0 Å².